The molecule has 1 aliphatic rings. The molecule has 0 unspecified atom stereocenters. The number of aliphatic hydroxyl groups excluding tert-OH is 1. The van der Waals surface area contributed by atoms with Gasteiger partial charge in [0.05, 0.1) is 29.4 Å². The summed E-state index contributed by atoms with van der Waals surface area (Å²) in [5.74, 6) is -0.0237. The number of ether oxygens (including phenoxy) is 1. The van der Waals surface area contributed by atoms with E-state index in [9.17, 15) is 14.3 Å². The maximum absolute atomic E-state index is 13.8. The van der Waals surface area contributed by atoms with E-state index in [2.05, 4.69) is 13.8 Å². The molecule has 2 atom stereocenters. The summed E-state index contributed by atoms with van der Waals surface area (Å²) in [6.07, 6.45) is 2.76. The van der Waals surface area contributed by atoms with E-state index < -0.39 is 18.2 Å². The van der Waals surface area contributed by atoms with Crippen molar-refractivity contribution in [3.8, 4) is 17.1 Å². The van der Waals surface area contributed by atoms with Crippen molar-refractivity contribution < 1.29 is 19.0 Å². The summed E-state index contributed by atoms with van der Waals surface area (Å²) in [7, 11) is 0. The predicted molar refractivity (Wildman–Crippen MR) is 133 cm³/mol. The van der Waals surface area contributed by atoms with Crippen LogP contribution < -0.4 is 0 Å². The number of nitrogens with zero attached hydrogens (tertiary/aromatic N) is 3. The summed E-state index contributed by atoms with van der Waals surface area (Å²) in [5.41, 5.74) is 4.05. The van der Waals surface area contributed by atoms with Gasteiger partial charge in [-0.1, -0.05) is 38.1 Å². The summed E-state index contributed by atoms with van der Waals surface area (Å²) in [6, 6.07) is 18.1. The third-order valence-electron chi connectivity index (χ3n) is 6.08. The fourth-order valence-corrected chi connectivity index (χ4v) is 4.39. The molecule has 4 aromatic rings. The minimum Gasteiger partial charge on any atom is -0.458 e. The van der Waals surface area contributed by atoms with Gasteiger partial charge in [-0.3, -0.25) is 4.79 Å². The third-order valence-corrected chi connectivity index (χ3v) is 6.08. The van der Waals surface area contributed by atoms with Gasteiger partial charge < -0.3 is 9.84 Å². The van der Waals surface area contributed by atoms with Gasteiger partial charge in [-0.15, -0.1) is 0 Å². The molecule has 1 N–H and O–H groups in total. The van der Waals surface area contributed by atoms with Gasteiger partial charge in [-0.05, 0) is 54.5 Å². The largest absolute Gasteiger partial charge is 0.458 e. The van der Waals surface area contributed by atoms with E-state index in [1.807, 2.05) is 42.5 Å². The van der Waals surface area contributed by atoms with Gasteiger partial charge in [-0.2, -0.15) is 5.10 Å². The Hall–Kier alpha value is -3.84. The van der Waals surface area contributed by atoms with Crippen LogP contribution in [0.15, 0.2) is 66.7 Å². The number of esters is 1. The molecule has 3 heterocycles. The lowest BCUT2D eigenvalue weighted by molar-refractivity contribution is -0.156. The number of pyridine rings is 1. The molecule has 1 aliphatic heterocycles. The molecular weight excluding hydrogens is 445 g/mol. The van der Waals surface area contributed by atoms with Crippen molar-refractivity contribution in [2.24, 2.45) is 0 Å². The first-order chi connectivity index (χ1) is 16.9. The normalized spacial score (nSPS) is 18.5. The van der Waals surface area contributed by atoms with Crippen LogP contribution in [0, 0.1) is 5.82 Å². The number of para-hydroxylation sites is 1. The molecule has 1 fully saturated rings. The number of carbonyl (C=O) groups excluding carboxylic acids is 1. The summed E-state index contributed by atoms with van der Waals surface area (Å²) in [6.45, 7) is 4.10. The van der Waals surface area contributed by atoms with Gasteiger partial charge in [0.2, 0.25) is 0 Å². The summed E-state index contributed by atoms with van der Waals surface area (Å²) >= 11 is 0. The van der Waals surface area contributed by atoms with Crippen LogP contribution in [0.3, 0.4) is 0 Å². The molecule has 0 bridgehead atoms. The Morgan fingerprint density at radius 2 is 1.89 bits per heavy atom. The van der Waals surface area contributed by atoms with Crippen LogP contribution in [-0.4, -0.2) is 38.0 Å². The highest BCUT2D eigenvalue weighted by Gasteiger charge is 2.26. The lowest BCUT2D eigenvalue weighted by Gasteiger charge is -2.23. The van der Waals surface area contributed by atoms with Gasteiger partial charge in [0.15, 0.2) is 5.82 Å². The fraction of sp³-hybridized carbons (Fsp3) is 0.250. The van der Waals surface area contributed by atoms with E-state index in [0.29, 0.717) is 12.2 Å². The highest BCUT2D eigenvalue weighted by molar-refractivity contribution is 5.80. The Kier molecular flexibility index (Phi) is 6.17. The van der Waals surface area contributed by atoms with E-state index >= 15 is 0 Å². The van der Waals surface area contributed by atoms with Crippen molar-refractivity contribution in [2.75, 3.05) is 0 Å². The Morgan fingerprint density at radius 1 is 1.11 bits per heavy atom. The van der Waals surface area contributed by atoms with Crippen molar-refractivity contribution in [1.29, 1.82) is 0 Å². The number of halogens is 1. The van der Waals surface area contributed by atoms with Crippen LogP contribution in [0.25, 0.3) is 34.1 Å². The van der Waals surface area contributed by atoms with Crippen LogP contribution in [0.4, 0.5) is 4.39 Å². The smallest absolute Gasteiger partial charge is 0.309 e. The standard InChI is InChI=1S/C28H26FN3O3/c1-17(2)27-23(13-12-22-15-21(33)16-26(34)35-22)28(19-7-10-20(29)11-8-19)32(31-27)25-14-9-18-5-3-4-6-24(18)30-25/h3-14,17,21-22,33H,15-16H2,1-2H3/t21-,22-/m0/s1. The molecule has 0 radical (unpaired) electrons. The van der Waals surface area contributed by atoms with Crippen molar-refractivity contribution in [2.45, 2.75) is 44.8 Å². The molecule has 5 rings (SSSR count). The Bertz CT molecular complexity index is 1410. The number of fused-ring (bicyclic) bond motifs is 1. The lowest BCUT2D eigenvalue weighted by Crippen LogP contribution is -2.31. The van der Waals surface area contributed by atoms with Gasteiger partial charge in [-0.25, -0.2) is 14.1 Å². The van der Waals surface area contributed by atoms with Gasteiger partial charge >= 0.3 is 5.97 Å². The Balaban J connectivity index is 1.68. The van der Waals surface area contributed by atoms with E-state index in [4.69, 9.17) is 14.8 Å². The number of carbonyl (C=O) groups is 1. The minimum absolute atomic E-state index is 0.00792. The SMILES string of the molecule is CC(C)c1nn(-c2ccc3ccccc3n2)c(-c2ccc(F)cc2)c1C=C[C@H]1C[C@H](O)CC(=O)O1. The molecule has 6 nitrogen and oxygen atoms in total. The lowest BCUT2D eigenvalue weighted by atomic mass is 9.98. The second kappa shape index (κ2) is 9.43. The molecule has 0 spiro atoms. The molecule has 7 heteroatoms. The van der Waals surface area contributed by atoms with E-state index in [0.717, 1.165) is 33.4 Å². The first-order valence-corrected chi connectivity index (χ1v) is 11.7. The predicted octanol–water partition coefficient (Wildman–Crippen LogP) is 5.43. The zero-order valence-electron chi connectivity index (χ0n) is 19.6. The van der Waals surface area contributed by atoms with Gasteiger partial charge in [0, 0.05) is 22.9 Å². The molecule has 1 saturated heterocycles. The molecule has 35 heavy (non-hydrogen) atoms. The van der Waals surface area contributed by atoms with Crippen LogP contribution in [0.1, 0.15) is 43.9 Å². The number of rotatable bonds is 5. The van der Waals surface area contributed by atoms with Crippen molar-refractivity contribution in [3.05, 3.63) is 83.8 Å². The number of cyclic esters (lactones) is 1. The number of benzene rings is 2. The molecule has 2 aromatic heterocycles. The minimum atomic E-state index is -0.725. The van der Waals surface area contributed by atoms with Gasteiger partial charge in [0.25, 0.3) is 0 Å². The van der Waals surface area contributed by atoms with Crippen LogP contribution in [0.2, 0.25) is 0 Å². The van der Waals surface area contributed by atoms with Gasteiger partial charge in [0.1, 0.15) is 11.9 Å². The van der Waals surface area contributed by atoms with E-state index in [1.54, 1.807) is 22.9 Å². The quantitative estimate of drug-likeness (QED) is 0.393. The third kappa shape index (κ3) is 4.72. The number of aromatic nitrogens is 3. The van der Waals surface area contributed by atoms with Crippen molar-refractivity contribution >= 4 is 22.9 Å². The molecule has 0 saturated carbocycles. The summed E-state index contributed by atoms with van der Waals surface area (Å²) in [5, 5.41) is 15.9. The topological polar surface area (TPSA) is 77.2 Å². The van der Waals surface area contributed by atoms with Crippen molar-refractivity contribution in [1.82, 2.24) is 14.8 Å². The molecule has 0 amide bonds. The maximum atomic E-state index is 13.8. The summed E-state index contributed by atoms with van der Waals surface area (Å²) in [4.78, 5) is 16.6. The Morgan fingerprint density at radius 3 is 2.63 bits per heavy atom. The molecule has 0 aliphatic carbocycles. The fourth-order valence-electron chi connectivity index (χ4n) is 4.39. The number of aliphatic hydroxyl groups is 1. The zero-order chi connectivity index (χ0) is 24.5. The number of hydrogen-bond donors (Lipinski definition) is 1. The highest BCUT2D eigenvalue weighted by Crippen LogP contribution is 2.34. The second-order valence-electron chi connectivity index (χ2n) is 9.06. The van der Waals surface area contributed by atoms with Crippen molar-refractivity contribution in [3.63, 3.8) is 0 Å². The average molecular weight is 472 g/mol. The maximum Gasteiger partial charge on any atom is 0.309 e. The molecule has 178 valence electrons. The monoisotopic (exact) mass is 471 g/mol. The molecule has 2 aromatic carbocycles. The number of hydrogen-bond acceptors (Lipinski definition) is 5. The second-order valence-corrected chi connectivity index (χ2v) is 9.06. The summed E-state index contributed by atoms with van der Waals surface area (Å²) < 4.78 is 21.0. The van der Waals surface area contributed by atoms with Crippen LogP contribution in [0.5, 0.6) is 0 Å². The van der Waals surface area contributed by atoms with E-state index in [-0.39, 0.29) is 18.2 Å². The van der Waals surface area contributed by atoms with Crippen LogP contribution in [-0.2, 0) is 9.53 Å². The van der Waals surface area contributed by atoms with E-state index in [1.165, 1.54) is 12.1 Å². The van der Waals surface area contributed by atoms with Crippen LogP contribution >= 0.6 is 0 Å². The molecular formula is C28H26FN3O3. The first-order valence-electron chi connectivity index (χ1n) is 11.7. The average Bonchev–Trinajstić information content (AvgIpc) is 3.22. The zero-order valence-corrected chi connectivity index (χ0v) is 19.6. The highest BCUT2D eigenvalue weighted by atomic mass is 19.1. The Labute approximate surface area is 202 Å². The first kappa shape index (κ1) is 22.9.